The van der Waals surface area contributed by atoms with E-state index in [4.69, 9.17) is 11.6 Å². The van der Waals surface area contributed by atoms with Crippen LogP contribution >= 0.6 is 27.5 Å². The molecule has 0 spiro atoms. The number of aromatic nitrogens is 2. The van der Waals surface area contributed by atoms with Crippen molar-refractivity contribution in [2.24, 2.45) is 0 Å². The molecule has 0 fully saturated rings. The number of aromatic hydroxyl groups is 1. The van der Waals surface area contributed by atoms with Crippen LogP contribution in [0.25, 0.3) is 16.6 Å². The maximum atomic E-state index is 15.3. The minimum atomic E-state index is -4.15. The predicted molar refractivity (Wildman–Crippen MR) is 114 cm³/mol. The molecule has 0 amide bonds. The van der Waals surface area contributed by atoms with Crippen LogP contribution in [0.2, 0.25) is 5.02 Å². The fourth-order valence-electron chi connectivity index (χ4n) is 3.24. The first-order valence-electron chi connectivity index (χ1n) is 8.49. The molecule has 1 N–H and O–H groups in total. The van der Waals surface area contributed by atoms with Gasteiger partial charge in [0.1, 0.15) is 5.75 Å². The largest absolute Gasteiger partial charge is 0.506 e. The molecule has 2 aromatic heterocycles. The van der Waals surface area contributed by atoms with E-state index in [1.165, 1.54) is 6.07 Å². The second-order valence-corrected chi connectivity index (χ2v) is 10.1. The molecule has 3 rings (SSSR count). The van der Waals surface area contributed by atoms with Crippen molar-refractivity contribution < 1.29 is 17.9 Å². The van der Waals surface area contributed by atoms with E-state index in [-0.39, 0.29) is 32.0 Å². The van der Waals surface area contributed by atoms with Crippen molar-refractivity contribution in [3.63, 3.8) is 0 Å². The van der Waals surface area contributed by atoms with Crippen molar-refractivity contribution >= 4 is 48.3 Å². The molecule has 0 atom stereocenters. The number of halogens is 3. The summed E-state index contributed by atoms with van der Waals surface area (Å²) in [4.78, 5) is 16.8. The van der Waals surface area contributed by atoms with Gasteiger partial charge in [-0.25, -0.2) is 12.8 Å². The van der Waals surface area contributed by atoms with Crippen molar-refractivity contribution in [1.29, 1.82) is 0 Å². The molecule has 1 aromatic carbocycles. The third-order valence-corrected chi connectivity index (χ3v) is 6.93. The zero-order chi connectivity index (χ0) is 21.8. The third kappa shape index (κ3) is 3.45. The summed E-state index contributed by atoms with van der Waals surface area (Å²) in [5, 5.41) is 10.3. The lowest BCUT2D eigenvalue weighted by Gasteiger charge is -2.21. The standard InChI is InChI=1S/C19H17BrClFN2O4S/c1-8(2)14-15(9(3)5-6-23-14)24-16-10(7-11(21)12(20)13(16)22)17(25)18(19(24)26)29(4,27)28/h5-8,25H,1-4H3. The van der Waals surface area contributed by atoms with Crippen LogP contribution in [0.5, 0.6) is 5.75 Å². The number of aryl methyl sites for hydroxylation is 1. The summed E-state index contributed by atoms with van der Waals surface area (Å²) in [5.41, 5.74) is -0.0416. The van der Waals surface area contributed by atoms with Gasteiger partial charge in [0.2, 0.25) is 0 Å². The van der Waals surface area contributed by atoms with Crippen LogP contribution in [0.1, 0.15) is 31.0 Å². The molecule has 0 saturated heterocycles. The Morgan fingerprint density at radius 1 is 1.34 bits per heavy atom. The molecule has 0 aliphatic carbocycles. The van der Waals surface area contributed by atoms with Crippen LogP contribution in [-0.2, 0) is 9.84 Å². The number of nitrogens with zero attached hydrogens (tertiary/aromatic N) is 2. The molecular formula is C19H17BrClFN2O4S. The van der Waals surface area contributed by atoms with Crippen LogP contribution in [0, 0.1) is 12.7 Å². The summed E-state index contributed by atoms with van der Waals surface area (Å²) < 4.78 is 40.8. The second kappa shape index (κ2) is 7.37. The maximum Gasteiger partial charge on any atom is 0.278 e. The predicted octanol–water partition coefficient (Wildman–Crippen LogP) is 4.48. The van der Waals surface area contributed by atoms with Gasteiger partial charge in [0.25, 0.3) is 5.56 Å². The SMILES string of the molecule is Cc1ccnc(C(C)C)c1-n1c(=O)c(S(C)(=O)=O)c(O)c2cc(Cl)c(Br)c(F)c21. The van der Waals surface area contributed by atoms with Crippen LogP contribution < -0.4 is 5.56 Å². The Bertz CT molecular complexity index is 1340. The molecule has 0 saturated carbocycles. The summed E-state index contributed by atoms with van der Waals surface area (Å²) in [6, 6.07) is 2.85. The zero-order valence-electron chi connectivity index (χ0n) is 15.9. The second-order valence-electron chi connectivity index (χ2n) is 6.99. The molecule has 0 unspecified atom stereocenters. The van der Waals surface area contributed by atoms with E-state index in [1.54, 1.807) is 19.2 Å². The number of sulfone groups is 1. The summed E-state index contributed by atoms with van der Waals surface area (Å²) in [7, 11) is -4.15. The highest BCUT2D eigenvalue weighted by Gasteiger charge is 2.29. The van der Waals surface area contributed by atoms with Crippen LogP contribution in [0.4, 0.5) is 4.39 Å². The number of benzene rings is 1. The van der Waals surface area contributed by atoms with Gasteiger partial charge in [-0.2, -0.15) is 0 Å². The smallest absolute Gasteiger partial charge is 0.278 e. The molecule has 6 nitrogen and oxygen atoms in total. The Balaban J connectivity index is 2.76. The molecule has 0 aliphatic rings. The van der Waals surface area contributed by atoms with Gasteiger partial charge in [-0.05, 0) is 46.5 Å². The topological polar surface area (TPSA) is 89.3 Å². The fraction of sp³-hybridized carbons (Fsp3) is 0.263. The first-order chi connectivity index (χ1) is 13.4. The Labute approximate surface area is 180 Å². The lowest BCUT2D eigenvalue weighted by atomic mass is 10.0. The van der Waals surface area contributed by atoms with Crippen molar-refractivity contribution in [2.45, 2.75) is 31.6 Å². The molecule has 0 aliphatic heterocycles. The van der Waals surface area contributed by atoms with Crippen LogP contribution in [0.3, 0.4) is 0 Å². The molecule has 0 radical (unpaired) electrons. The Morgan fingerprint density at radius 3 is 2.52 bits per heavy atom. The number of hydrogen-bond donors (Lipinski definition) is 1. The van der Waals surface area contributed by atoms with E-state index in [1.807, 2.05) is 13.8 Å². The Kier molecular flexibility index (Phi) is 5.53. The van der Waals surface area contributed by atoms with Crippen LogP contribution in [-0.4, -0.2) is 29.3 Å². The number of rotatable bonds is 3. The van der Waals surface area contributed by atoms with Gasteiger partial charge in [0.05, 0.1) is 26.4 Å². The molecule has 0 bridgehead atoms. The van der Waals surface area contributed by atoms with E-state index in [2.05, 4.69) is 20.9 Å². The Morgan fingerprint density at radius 2 is 1.97 bits per heavy atom. The molecule has 29 heavy (non-hydrogen) atoms. The van der Waals surface area contributed by atoms with Crippen molar-refractivity contribution in [3.05, 3.63) is 55.3 Å². The van der Waals surface area contributed by atoms with Gasteiger partial charge < -0.3 is 5.11 Å². The van der Waals surface area contributed by atoms with Gasteiger partial charge >= 0.3 is 0 Å². The van der Waals surface area contributed by atoms with Crippen molar-refractivity contribution in [2.75, 3.05) is 6.26 Å². The lowest BCUT2D eigenvalue weighted by molar-refractivity contribution is 0.461. The molecular weight excluding hydrogens is 487 g/mol. The minimum Gasteiger partial charge on any atom is -0.506 e. The molecule has 154 valence electrons. The van der Waals surface area contributed by atoms with Crippen LogP contribution in [0.15, 0.2) is 32.5 Å². The van der Waals surface area contributed by atoms with E-state index in [0.717, 1.165) is 10.8 Å². The average Bonchev–Trinajstić information content (AvgIpc) is 2.60. The number of hydrogen-bond acceptors (Lipinski definition) is 5. The lowest BCUT2D eigenvalue weighted by Crippen LogP contribution is -2.27. The third-order valence-electron chi connectivity index (χ3n) is 4.52. The first-order valence-corrected chi connectivity index (χ1v) is 11.5. The highest BCUT2D eigenvalue weighted by molar-refractivity contribution is 9.10. The van der Waals surface area contributed by atoms with Gasteiger partial charge in [0.15, 0.2) is 20.5 Å². The first kappa shape index (κ1) is 21.7. The normalized spacial score (nSPS) is 12.1. The number of fused-ring (bicyclic) bond motifs is 1. The van der Waals surface area contributed by atoms with E-state index in [9.17, 15) is 18.3 Å². The highest BCUT2D eigenvalue weighted by atomic mass is 79.9. The van der Waals surface area contributed by atoms with Crippen molar-refractivity contribution in [1.82, 2.24) is 9.55 Å². The average molecular weight is 504 g/mol. The van der Waals surface area contributed by atoms with Gasteiger partial charge in [-0.1, -0.05) is 25.4 Å². The van der Waals surface area contributed by atoms with Gasteiger partial charge in [0, 0.05) is 17.8 Å². The van der Waals surface area contributed by atoms with Gasteiger partial charge in [-0.3, -0.25) is 14.3 Å². The molecule has 2 heterocycles. The summed E-state index contributed by atoms with van der Waals surface area (Å²) in [6.45, 7) is 5.40. The van der Waals surface area contributed by atoms with E-state index in [0.29, 0.717) is 11.3 Å². The zero-order valence-corrected chi connectivity index (χ0v) is 19.1. The summed E-state index contributed by atoms with van der Waals surface area (Å²) >= 11 is 9.08. The molecule has 3 aromatic rings. The monoisotopic (exact) mass is 502 g/mol. The summed E-state index contributed by atoms with van der Waals surface area (Å²) in [5.74, 6) is -1.90. The number of pyridine rings is 2. The highest BCUT2D eigenvalue weighted by Crippen LogP contribution is 2.39. The molecule has 10 heteroatoms. The minimum absolute atomic E-state index is 0.0815. The Hall–Kier alpha value is -1.97. The van der Waals surface area contributed by atoms with Gasteiger partial charge in [-0.15, -0.1) is 0 Å². The summed E-state index contributed by atoms with van der Waals surface area (Å²) in [6.07, 6.45) is 2.36. The van der Waals surface area contributed by atoms with Crippen molar-refractivity contribution in [3.8, 4) is 11.4 Å². The quantitative estimate of drug-likeness (QED) is 0.532. The fourth-order valence-corrected chi connectivity index (χ4v) is 4.61. The van der Waals surface area contributed by atoms with E-state index < -0.39 is 31.9 Å². The maximum absolute atomic E-state index is 15.3. The van der Waals surface area contributed by atoms with E-state index >= 15 is 4.39 Å².